The van der Waals surface area contributed by atoms with Crippen molar-refractivity contribution in [2.24, 2.45) is 0 Å². The topological polar surface area (TPSA) is 0 Å². The summed E-state index contributed by atoms with van der Waals surface area (Å²) in [6.07, 6.45) is 1.99. The monoisotopic (exact) mass is 276 g/mol. The van der Waals surface area contributed by atoms with E-state index in [1.165, 1.54) is 15.6 Å². The molecule has 0 atom stereocenters. The molecule has 0 radical (unpaired) electrons. The average molecular weight is 277 g/mol. The van der Waals surface area contributed by atoms with Crippen molar-refractivity contribution in [2.75, 3.05) is 0 Å². The lowest BCUT2D eigenvalue weighted by atomic mass is 10.1. The highest BCUT2D eigenvalue weighted by atomic mass is 79.9. The second-order valence-electron chi connectivity index (χ2n) is 3.71. The van der Waals surface area contributed by atoms with Gasteiger partial charge in [-0.05, 0) is 31.9 Å². The minimum absolute atomic E-state index is 0.979. The second-order valence-corrected chi connectivity index (χ2v) is 4.66. The van der Waals surface area contributed by atoms with E-state index in [4.69, 9.17) is 0 Å². The Morgan fingerprint density at radius 1 is 1.12 bits per heavy atom. The third kappa shape index (κ3) is 3.87. The molecule has 0 aromatic heterocycles. The number of hydrogen-bond donors (Lipinski definition) is 0. The highest BCUT2D eigenvalue weighted by Gasteiger charge is 1.96. The standard InChI is InChI=1S/C15H17Br/c1-4-14(15(16)5-2)11-10-13-8-6-12(3)7-9-13/h6-9H,4-5H2,1-3H3/b15-14-. The van der Waals surface area contributed by atoms with Crippen LogP contribution in [-0.4, -0.2) is 0 Å². The zero-order valence-electron chi connectivity index (χ0n) is 10.1. The van der Waals surface area contributed by atoms with Gasteiger partial charge in [-0.15, -0.1) is 0 Å². The maximum atomic E-state index is 3.57. The average Bonchev–Trinajstić information content (AvgIpc) is 2.31. The predicted octanol–water partition coefficient (Wildman–Crippen LogP) is 4.82. The van der Waals surface area contributed by atoms with Gasteiger partial charge < -0.3 is 0 Å². The molecule has 1 rings (SSSR count). The van der Waals surface area contributed by atoms with E-state index in [9.17, 15) is 0 Å². The maximum absolute atomic E-state index is 3.57. The van der Waals surface area contributed by atoms with E-state index < -0.39 is 0 Å². The first-order valence-corrected chi connectivity index (χ1v) is 6.42. The van der Waals surface area contributed by atoms with Crippen LogP contribution in [0.4, 0.5) is 0 Å². The molecule has 84 valence electrons. The zero-order valence-corrected chi connectivity index (χ0v) is 11.7. The van der Waals surface area contributed by atoms with Crippen LogP contribution in [-0.2, 0) is 0 Å². The minimum atomic E-state index is 0.979. The minimum Gasteiger partial charge on any atom is -0.0653 e. The van der Waals surface area contributed by atoms with Crippen molar-refractivity contribution in [3.05, 3.63) is 45.4 Å². The molecular weight excluding hydrogens is 260 g/mol. The van der Waals surface area contributed by atoms with Gasteiger partial charge in [-0.1, -0.05) is 59.3 Å². The van der Waals surface area contributed by atoms with E-state index in [1.807, 2.05) is 0 Å². The fourth-order valence-electron chi connectivity index (χ4n) is 1.35. The Kier molecular flexibility index (Phi) is 5.35. The Labute approximate surface area is 107 Å². The molecule has 0 saturated carbocycles. The van der Waals surface area contributed by atoms with Crippen LogP contribution in [0.5, 0.6) is 0 Å². The van der Waals surface area contributed by atoms with E-state index in [0.29, 0.717) is 0 Å². The molecule has 0 N–H and O–H groups in total. The number of halogens is 1. The van der Waals surface area contributed by atoms with Crippen LogP contribution in [0.3, 0.4) is 0 Å². The molecule has 0 aliphatic heterocycles. The van der Waals surface area contributed by atoms with Crippen molar-refractivity contribution in [1.29, 1.82) is 0 Å². The zero-order chi connectivity index (χ0) is 12.0. The van der Waals surface area contributed by atoms with Gasteiger partial charge in [0.1, 0.15) is 0 Å². The summed E-state index contributed by atoms with van der Waals surface area (Å²) >= 11 is 3.57. The van der Waals surface area contributed by atoms with Crippen LogP contribution in [0.25, 0.3) is 0 Å². The van der Waals surface area contributed by atoms with Gasteiger partial charge in [0.25, 0.3) is 0 Å². The van der Waals surface area contributed by atoms with Crippen molar-refractivity contribution < 1.29 is 0 Å². The van der Waals surface area contributed by atoms with Gasteiger partial charge in [-0.25, -0.2) is 0 Å². The van der Waals surface area contributed by atoms with Crippen molar-refractivity contribution in [3.63, 3.8) is 0 Å². The molecule has 0 heterocycles. The number of benzene rings is 1. The van der Waals surface area contributed by atoms with E-state index >= 15 is 0 Å². The van der Waals surface area contributed by atoms with Gasteiger partial charge >= 0.3 is 0 Å². The lowest BCUT2D eigenvalue weighted by molar-refractivity contribution is 1.10. The predicted molar refractivity (Wildman–Crippen MR) is 74.6 cm³/mol. The summed E-state index contributed by atoms with van der Waals surface area (Å²) in [4.78, 5) is 0. The molecular formula is C15H17Br. The van der Waals surface area contributed by atoms with Crippen LogP contribution >= 0.6 is 15.9 Å². The first kappa shape index (κ1) is 13.1. The fourth-order valence-corrected chi connectivity index (χ4v) is 1.73. The van der Waals surface area contributed by atoms with Crippen molar-refractivity contribution in [2.45, 2.75) is 33.6 Å². The van der Waals surface area contributed by atoms with Gasteiger partial charge in [0.15, 0.2) is 0 Å². The van der Waals surface area contributed by atoms with Gasteiger partial charge in [0, 0.05) is 15.6 Å². The van der Waals surface area contributed by atoms with E-state index in [-0.39, 0.29) is 0 Å². The van der Waals surface area contributed by atoms with Crippen LogP contribution < -0.4 is 0 Å². The summed E-state index contributed by atoms with van der Waals surface area (Å²) in [5.74, 6) is 6.44. The smallest absolute Gasteiger partial charge is 0.0249 e. The Balaban J connectivity index is 2.92. The third-order valence-corrected chi connectivity index (χ3v) is 3.44. The molecule has 1 aromatic carbocycles. The summed E-state index contributed by atoms with van der Waals surface area (Å²) in [5, 5.41) is 0. The van der Waals surface area contributed by atoms with Crippen molar-refractivity contribution in [3.8, 4) is 11.8 Å². The maximum Gasteiger partial charge on any atom is 0.0249 e. The molecule has 1 aromatic rings. The number of hydrogen-bond acceptors (Lipinski definition) is 0. The number of aryl methyl sites for hydroxylation is 1. The molecule has 0 aliphatic rings. The molecule has 0 spiro atoms. The molecule has 0 nitrogen and oxygen atoms in total. The van der Waals surface area contributed by atoms with Crippen molar-refractivity contribution >= 4 is 15.9 Å². The SMILES string of the molecule is CC/C(Br)=C(/C#Cc1ccc(C)cc1)CC. The van der Waals surface area contributed by atoms with Gasteiger partial charge in [0.2, 0.25) is 0 Å². The summed E-state index contributed by atoms with van der Waals surface area (Å²) in [6.45, 7) is 6.35. The van der Waals surface area contributed by atoms with Crippen molar-refractivity contribution in [1.82, 2.24) is 0 Å². The first-order chi connectivity index (χ1) is 7.67. The lowest BCUT2D eigenvalue weighted by Gasteiger charge is -1.98. The quantitative estimate of drug-likeness (QED) is 0.680. The summed E-state index contributed by atoms with van der Waals surface area (Å²) < 4.78 is 1.22. The largest absolute Gasteiger partial charge is 0.0653 e. The van der Waals surface area contributed by atoms with Crippen LogP contribution in [0.15, 0.2) is 34.3 Å². The fraction of sp³-hybridized carbons (Fsp3) is 0.333. The Bertz CT molecular complexity index is 427. The first-order valence-electron chi connectivity index (χ1n) is 5.63. The van der Waals surface area contributed by atoms with Crippen LogP contribution in [0.1, 0.15) is 37.8 Å². The van der Waals surface area contributed by atoms with E-state index in [2.05, 4.69) is 72.8 Å². The second kappa shape index (κ2) is 6.55. The Morgan fingerprint density at radius 3 is 2.25 bits per heavy atom. The normalized spacial score (nSPS) is 11.5. The highest BCUT2D eigenvalue weighted by Crippen LogP contribution is 2.17. The highest BCUT2D eigenvalue weighted by molar-refractivity contribution is 9.11. The lowest BCUT2D eigenvalue weighted by Crippen LogP contribution is -1.81. The van der Waals surface area contributed by atoms with Crippen LogP contribution in [0.2, 0.25) is 0 Å². The van der Waals surface area contributed by atoms with E-state index in [0.717, 1.165) is 18.4 Å². The Hall–Kier alpha value is -1.00. The molecule has 0 unspecified atom stereocenters. The molecule has 16 heavy (non-hydrogen) atoms. The molecule has 0 aliphatic carbocycles. The molecule has 0 amide bonds. The van der Waals surface area contributed by atoms with Gasteiger partial charge in [0.05, 0.1) is 0 Å². The third-order valence-electron chi connectivity index (χ3n) is 2.40. The van der Waals surface area contributed by atoms with Gasteiger partial charge in [-0.2, -0.15) is 0 Å². The number of allylic oxidation sites excluding steroid dienone is 2. The van der Waals surface area contributed by atoms with Crippen LogP contribution in [0, 0.1) is 18.8 Å². The summed E-state index contributed by atoms with van der Waals surface area (Å²) in [5.41, 5.74) is 3.54. The molecule has 0 fully saturated rings. The molecule has 1 heteroatoms. The Morgan fingerprint density at radius 2 is 1.75 bits per heavy atom. The molecule has 0 saturated heterocycles. The van der Waals surface area contributed by atoms with Gasteiger partial charge in [-0.3, -0.25) is 0 Å². The number of rotatable bonds is 2. The summed E-state index contributed by atoms with van der Waals surface area (Å²) in [7, 11) is 0. The molecule has 0 bridgehead atoms. The van der Waals surface area contributed by atoms with E-state index in [1.54, 1.807) is 0 Å². The summed E-state index contributed by atoms with van der Waals surface area (Å²) in [6, 6.07) is 8.31.